The van der Waals surface area contributed by atoms with Crippen LogP contribution in [-0.2, 0) is 13.0 Å². The van der Waals surface area contributed by atoms with Crippen molar-refractivity contribution < 1.29 is 0 Å². The number of fused-ring (bicyclic) bond motifs is 3. The summed E-state index contributed by atoms with van der Waals surface area (Å²) in [5.74, 6) is 0. The molecule has 0 saturated carbocycles. The molecule has 3 aromatic rings. The van der Waals surface area contributed by atoms with Crippen LogP contribution in [0.2, 0.25) is 0 Å². The number of rotatable bonds is 6. The molecule has 2 aromatic carbocycles. The van der Waals surface area contributed by atoms with E-state index in [9.17, 15) is 0 Å². The minimum atomic E-state index is 0.969. The minimum Gasteiger partial charge on any atom is -0.308 e. The number of piperazine rings is 1. The second kappa shape index (κ2) is 8.34. The van der Waals surface area contributed by atoms with Gasteiger partial charge in [-0.2, -0.15) is 5.10 Å². The van der Waals surface area contributed by atoms with E-state index in [0.717, 1.165) is 38.3 Å². The molecule has 2 aliphatic rings. The largest absolute Gasteiger partial charge is 0.308 e. The van der Waals surface area contributed by atoms with Gasteiger partial charge in [0, 0.05) is 68.9 Å². The van der Waals surface area contributed by atoms with Crippen LogP contribution in [0.25, 0.3) is 22.5 Å². The van der Waals surface area contributed by atoms with Crippen LogP contribution in [0.5, 0.6) is 0 Å². The van der Waals surface area contributed by atoms with E-state index in [1.165, 1.54) is 53.1 Å². The van der Waals surface area contributed by atoms with E-state index in [-0.39, 0.29) is 0 Å². The molecule has 1 saturated heterocycles. The molecule has 30 heavy (non-hydrogen) atoms. The summed E-state index contributed by atoms with van der Waals surface area (Å²) < 4.78 is 0. The lowest BCUT2D eigenvalue weighted by atomic mass is 10.0. The van der Waals surface area contributed by atoms with Crippen molar-refractivity contribution in [3.8, 4) is 22.5 Å². The summed E-state index contributed by atoms with van der Waals surface area (Å²) in [6.07, 6.45) is 0.969. The number of aromatic amines is 1. The molecular weight excluding hydrogens is 370 g/mol. The summed E-state index contributed by atoms with van der Waals surface area (Å²) in [7, 11) is 4.30. The first-order chi connectivity index (χ1) is 14.7. The SMILES string of the molecule is CN(C)CCN1CCN(Cc2ccc(-c3n[nH]c4c3Cc3ccccc3-4)cc2)CC1. The van der Waals surface area contributed by atoms with Crippen LogP contribution < -0.4 is 0 Å². The summed E-state index contributed by atoms with van der Waals surface area (Å²) in [5, 5.41) is 7.92. The Balaban J connectivity index is 1.21. The Bertz CT molecular complexity index is 997. The monoisotopic (exact) mass is 401 g/mol. The summed E-state index contributed by atoms with van der Waals surface area (Å²) in [4.78, 5) is 7.42. The zero-order chi connectivity index (χ0) is 20.5. The van der Waals surface area contributed by atoms with E-state index >= 15 is 0 Å². The van der Waals surface area contributed by atoms with Crippen molar-refractivity contribution in [2.24, 2.45) is 0 Å². The van der Waals surface area contributed by atoms with Crippen LogP contribution in [-0.4, -0.2) is 78.3 Å². The Morgan fingerprint density at radius 1 is 0.933 bits per heavy atom. The van der Waals surface area contributed by atoms with E-state index in [4.69, 9.17) is 0 Å². The first-order valence-electron chi connectivity index (χ1n) is 11.0. The number of nitrogens with zero attached hydrogens (tertiary/aromatic N) is 4. The van der Waals surface area contributed by atoms with Crippen LogP contribution in [0.3, 0.4) is 0 Å². The third kappa shape index (κ3) is 3.93. The van der Waals surface area contributed by atoms with Crippen LogP contribution in [0.4, 0.5) is 0 Å². The maximum Gasteiger partial charge on any atom is 0.0962 e. The number of H-pyrrole nitrogens is 1. The predicted molar refractivity (Wildman–Crippen MR) is 123 cm³/mol. The Morgan fingerprint density at radius 3 is 2.43 bits per heavy atom. The van der Waals surface area contributed by atoms with Crippen molar-refractivity contribution in [1.82, 2.24) is 24.9 Å². The Hall–Kier alpha value is -2.47. The zero-order valence-electron chi connectivity index (χ0n) is 18.1. The lowest BCUT2D eigenvalue weighted by molar-refractivity contribution is 0.120. The van der Waals surface area contributed by atoms with Crippen molar-refractivity contribution in [3.63, 3.8) is 0 Å². The molecule has 0 amide bonds. The number of hydrogen-bond donors (Lipinski definition) is 1. The molecular formula is C25H31N5. The van der Waals surface area contributed by atoms with Crippen molar-refractivity contribution in [3.05, 3.63) is 65.2 Å². The smallest absolute Gasteiger partial charge is 0.0962 e. The maximum absolute atomic E-state index is 4.65. The molecule has 5 rings (SSSR count). The van der Waals surface area contributed by atoms with Gasteiger partial charge in [0.2, 0.25) is 0 Å². The van der Waals surface area contributed by atoms with E-state index in [1.807, 2.05) is 0 Å². The third-order valence-corrected chi connectivity index (χ3v) is 6.48. The van der Waals surface area contributed by atoms with Crippen LogP contribution in [0.1, 0.15) is 16.7 Å². The average molecular weight is 402 g/mol. The lowest BCUT2D eigenvalue weighted by Gasteiger charge is -2.35. The van der Waals surface area contributed by atoms with Crippen molar-refractivity contribution in [2.75, 3.05) is 53.4 Å². The van der Waals surface area contributed by atoms with Gasteiger partial charge in [-0.3, -0.25) is 14.9 Å². The molecule has 1 aliphatic carbocycles. The van der Waals surface area contributed by atoms with Gasteiger partial charge in [-0.1, -0.05) is 48.5 Å². The standard InChI is InChI=1S/C25H31N5/c1-28(2)11-12-29-13-15-30(16-14-29)18-19-7-9-20(10-8-19)24-23-17-21-5-3-4-6-22(21)25(23)27-26-24/h3-10H,11-18H2,1-2H3,(H,26,27). The van der Waals surface area contributed by atoms with Gasteiger partial charge in [-0.05, 0) is 25.2 Å². The van der Waals surface area contributed by atoms with Crippen LogP contribution >= 0.6 is 0 Å². The number of likely N-dealkylation sites (N-methyl/N-ethyl adjacent to an activating group) is 1. The van der Waals surface area contributed by atoms with E-state index in [2.05, 4.69) is 87.5 Å². The fourth-order valence-electron chi connectivity index (χ4n) is 4.65. The molecule has 1 aliphatic heterocycles. The topological polar surface area (TPSA) is 38.4 Å². The number of benzene rings is 2. The molecule has 2 heterocycles. The molecule has 156 valence electrons. The maximum atomic E-state index is 4.65. The lowest BCUT2D eigenvalue weighted by Crippen LogP contribution is -2.47. The van der Waals surface area contributed by atoms with Crippen molar-refractivity contribution in [1.29, 1.82) is 0 Å². The molecule has 1 N–H and O–H groups in total. The van der Waals surface area contributed by atoms with Gasteiger partial charge < -0.3 is 4.90 Å². The molecule has 1 fully saturated rings. The highest BCUT2D eigenvalue weighted by molar-refractivity contribution is 5.80. The van der Waals surface area contributed by atoms with Gasteiger partial charge in [0.1, 0.15) is 0 Å². The zero-order valence-corrected chi connectivity index (χ0v) is 18.1. The second-order valence-corrected chi connectivity index (χ2v) is 8.88. The molecule has 0 bridgehead atoms. The van der Waals surface area contributed by atoms with E-state index in [1.54, 1.807) is 0 Å². The van der Waals surface area contributed by atoms with Crippen molar-refractivity contribution in [2.45, 2.75) is 13.0 Å². The molecule has 5 heteroatoms. The quantitative estimate of drug-likeness (QED) is 0.538. The normalized spacial score (nSPS) is 16.8. The molecule has 0 unspecified atom stereocenters. The van der Waals surface area contributed by atoms with Crippen LogP contribution in [0.15, 0.2) is 48.5 Å². The molecule has 0 radical (unpaired) electrons. The highest BCUT2D eigenvalue weighted by Crippen LogP contribution is 2.39. The molecule has 1 aromatic heterocycles. The van der Waals surface area contributed by atoms with Gasteiger partial charge in [0.15, 0.2) is 0 Å². The first kappa shape index (κ1) is 19.5. The van der Waals surface area contributed by atoms with Gasteiger partial charge >= 0.3 is 0 Å². The summed E-state index contributed by atoms with van der Waals surface area (Å²) in [6.45, 7) is 8.00. The number of aromatic nitrogens is 2. The second-order valence-electron chi connectivity index (χ2n) is 8.88. The predicted octanol–water partition coefficient (Wildman–Crippen LogP) is 3.33. The van der Waals surface area contributed by atoms with Gasteiger partial charge in [-0.25, -0.2) is 0 Å². The number of nitrogens with one attached hydrogen (secondary N) is 1. The number of hydrogen-bond acceptors (Lipinski definition) is 4. The van der Waals surface area contributed by atoms with E-state index < -0.39 is 0 Å². The third-order valence-electron chi connectivity index (χ3n) is 6.48. The fourth-order valence-corrected chi connectivity index (χ4v) is 4.65. The minimum absolute atomic E-state index is 0.969. The Kier molecular flexibility index (Phi) is 5.42. The fraction of sp³-hybridized carbons (Fsp3) is 0.400. The highest BCUT2D eigenvalue weighted by Gasteiger charge is 2.24. The van der Waals surface area contributed by atoms with Gasteiger partial charge in [-0.15, -0.1) is 0 Å². The van der Waals surface area contributed by atoms with Gasteiger partial charge in [0.25, 0.3) is 0 Å². The first-order valence-corrected chi connectivity index (χ1v) is 11.0. The van der Waals surface area contributed by atoms with Gasteiger partial charge in [0.05, 0.1) is 11.4 Å². The Morgan fingerprint density at radius 2 is 1.67 bits per heavy atom. The van der Waals surface area contributed by atoms with Crippen molar-refractivity contribution >= 4 is 0 Å². The highest BCUT2D eigenvalue weighted by atomic mass is 15.3. The summed E-state index contributed by atoms with van der Waals surface area (Å²) in [6, 6.07) is 17.7. The average Bonchev–Trinajstić information content (AvgIpc) is 3.33. The molecule has 0 spiro atoms. The molecule has 0 atom stereocenters. The Labute approximate surface area is 179 Å². The molecule has 5 nitrogen and oxygen atoms in total. The summed E-state index contributed by atoms with van der Waals surface area (Å²) >= 11 is 0. The van der Waals surface area contributed by atoms with E-state index in [0.29, 0.717) is 0 Å². The summed E-state index contributed by atoms with van der Waals surface area (Å²) in [5.41, 5.74) is 8.90. The van der Waals surface area contributed by atoms with Crippen LogP contribution in [0, 0.1) is 0 Å².